The highest BCUT2D eigenvalue weighted by molar-refractivity contribution is 9.10. The smallest absolute Gasteiger partial charge is 0.329 e. The lowest BCUT2D eigenvalue weighted by Crippen LogP contribution is -2.33. The zero-order chi connectivity index (χ0) is 26.0. The molecule has 0 saturated carbocycles. The fourth-order valence-electron chi connectivity index (χ4n) is 3.20. The van der Waals surface area contributed by atoms with E-state index in [9.17, 15) is 14.4 Å². The summed E-state index contributed by atoms with van der Waals surface area (Å²) in [5.74, 6) is -1.11. The molecule has 0 unspecified atom stereocenters. The molecule has 9 heteroatoms. The number of nitrogens with zero attached hydrogens (tertiary/aromatic N) is 1. The van der Waals surface area contributed by atoms with Crippen LogP contribution in [-0.4, -0.2) is 23.9 Å². The number of nitrogens with one attached hydrogen (secondary N) is 3. The van der Waals surface area contributed by atoms with Crippen molar-refractivity contribution in [3.05, 3.63) is 119 Å². The highest BCUT2D eigenvalue weighted by Crippen LogP contribution is 2.21. The predicted molar refractivity (Wildman–Crippen MR) is 146 cm³/mol. The van der Waals surface area contributed by atoms with Gasteiger partial charge < -0.3 is 15.4 Å². The second-order valence-corrected chi connectivity index (χ2v) is 8.56. The summed E-state index contributed by atoms with van der Waals surface area (Å²) in [5.41, 5.74) is 3.81. The van der Waals surface area contributed by atoms with E-state index < -0.39 is 17.7 Å². The van der Waals surface area contributed by atoms with Gasteiger partial charge in [0.1, 0.15) is 11.5 Å². The molecule has 4 aromatic rings. The Morgan fingerprint density at radius 2 is 1.43 bits per heavy atom. The Labute approximate surface area is 221 Å². The lowest BCUT2D eigenvalue weighted by atomic mass is 10.1. The van der Waals surface area contributed by atoms with Gasteiger partial charge in [-0.2, -0.15) is 5.10 Å². The quantitative estimate of drug-likeness (QED) is 0.157. The molecule has 3 amide bonds. The van der Waals surface area contributed by atoms with Gasteiger partial charge in [-0.1, -0.05) is 58.4 Å². The molecular weight excluding hydrogens is 536 g/mol. The molecule has 0 spiro atoms. The molecule has 0 atom stereocenters. The van der Waals surface area contributed by atoms with E-state index in [4.69, 9.17) is 4.74 Å². The number of halogens is 1. The van der Waals surface area contributed by atoms with E-state index in [-0.39, 0.29) is 11.3 Å². The number of anilines is 2. The molecular formula is C28H21BrN4O4. The molecule has 0 aromatic heterocycles. The molecule has 0 aliphatic carbocycles. The Hall–Kier alpha value is -4.76. The molecule has 4 aromatic carbocycles. The maximum atomic E-state index is 12.7. The van der Waals surface area contributed by atoms with E-state index in [0.717, 1.165) is 4.47 Å². The summed E-state index contributed by atoms with van der Waals surface area (Å²) in [6.45, 7) is 0. The monoisotopic (exact) mass is 556 g/mol. The zero-order valence-electron chi connectivity index (χ0n) is 19.4. The van der Waals surface area contributed by atoms with E-state index in [1.165, 1.54) is 12.3 Å². The number of hydrogen-bond acceptors (Lipinski definition) is 5. The van der Waals surface area contributed by atoms with Crippen LogP contribution in [0.15, 0.2) is 113 Å². The average Bonchev–Trinajstić information content (AvgIpc) is 2.91. The Balaban J connectivity index is 1.35. The number of hydrazone groups is 1. The van der Waals surface area contributed by atoms with Crippen LogP contribution in [0.4, 0.5) is 11.4 Å². The minimum Gasteiger partial charge on any atom is -0.457 e. The van der Waals surface area contributed by atoms with Gasteiger partial charge in [0.05, 0.1) is 17.5 Å². The minimum atomic E-state index is -0.990. The third kappa shape index (κ3) is 7.36. The first kappa shape index (κ1) is 25.3. The maximum absolute atomic E-state index is 12.7. The van der Waals surface area contributed by atoms with Crippen LogP contribution < -0.4 is 20.8 Å². The molecule has 37 heavy (non-hydrogen) atoms. The van der Waals surface area contributed by atoms with Gasteiger partial charge in [0.2, 0.25) is 0 Å². The number of rotatable bonds is 7. The Morgan fingerprint density at radius 1 is 0.730 bits per heavy atom. The largest absolute Gasteiger partial charge is 0.457 e. The van der Waals surface area contributed by atoms with Gasteiger partial charge in [-0.25, -0.2) is 5.43 Å². The first-order valence-corrected chi connectivity index (χ1v) is 11.9. The minimum absolute atomic E-state index is 0.187. The van der Waals surface area contributed by atoms with E-state index in [1.54, 1.807) is 66.7 Å². The van der Waals surface area contributed by atoms with Gasteiger partial charge in [0.15, 0.2) is 0 Å². The lowest BCUT2D eigenvalue weighted by molar-refractivity contribution is -0.136. The van der Waals surface area contributed by atoms with Crippen LogP contribution in [-0.2, 0) is 9.59 Å². The summed E-state index contributed by atoms with van der Waals surface area (Å²) in [4.78, 5) is 37.4. The van der Waals surface area contributed by atoms with Crippen molar-refractivity contribution in [2.75, 3.05) is 10.6 Å². The summed E-state index contributed by atoms with van der Waals surface area (Å²) >= 11 is 3.34. The molecule has 3 N–H and O–H groups in total. The average molecular weight is 557 g/mol. The van der Waals surface area contributed by atoms with E-state index in [0.29, 0.717) is 22.7 Å². The van der Waals surface area contributed by atoms with Crippen LogP contribution in [0.25, 0.3) is 0 Å². The summed E-state index contributed by atoms with van der Waals surface area (Å²) in [5, 5.41) is 9.06. The Bertz CT molecular complexity index is 1440. The normalized spacial score (nSPS) is 10.5. The first-order valence-electron chi connectivity index (χ1n) is 11.1. The van der Waals surface area contributed by atoms with E-state index in [2.05, 4.69) is 37.1 Å². The summed E-state index contributed by atoms with van der Waals surface area (Å²) < 4.78 is 6.65. The van der Waals surface area contributed by atoms with E-state index in [1.807, 2.05) is 30.3 Å². The fourth-order valence-corrected chi connectivity index (χ4v) is 3.46. The number of carbonyl (C=O) groups is 3. The van der Waals surface area contributed by atoms with Crippen LogP contribution >= 0.6 is 15.9 Å². The Kier molecular flexibility index (Phi) is 8.41. The second-order valence-electron chi connectivity index (χ2n) is 7.65. The lowest BCUT2D eigenvalue weighted by Gasteiger charge is -2.11. The molecule has 0 aliphatic heterocycles. The van der Waals surface area contributed by atoms with Crippen molar-refractivity contribution < 1.29 is 19.1 Å². The third-order valence-electron chi connectivity index (χ3n) is 4.94. The molecule has 0 bridgehead atoms. The number of hydrogen-bond donors (Lipinski definition) is 3. The number of amides is 3. The van der Waals surface area contributed by atoms with Crippen LogP contribution in [0, 0.1) is 0 Å². The van der Waals surface area contributed by atoms with Crippen LogP contribution in [0.1, 0.15) is 15.9 Å². The molecule has 0 heterocycles. The highest BCUT2D eigenvalue weighted by Gasteiger charge is 2.17. The summed E-state index contributed by atoms with van der Waals surface area (Å²) in [6, 6.07) is 29.8. The van der Waals surface area contributed by atoms with Crippen LogP contribution in [0.5, 0.6) is 11.5 Å². The first-order chi connectivity index (χ1) is 18.0. The van der Waals surface area contributed by atoms with Gasteiger partial charge in [-0.15, -0.1) is 0 Å². The van der Waals surface area contributed by atoms with Gasteiger partial charge in [0, 0.05) is 10.2 Å². The van der Waals surface area contributed by atoms with Gasteiger partial charge in [-0.3, -0.25) is 14.4 Å². The van der Waals surface area contributed by atoms with Crippen molar-refractivity contribution in [2.24, 2.45) is 5.10 Å². The number of carbonyl (C=O) groups excluding carboxylic acids is 3. The van der Waals surface area contributed by atoms with Crippen molar-refractivity contribution in [2.45, 2.75) is 0 Å². The standard InChI is InChI=1S/C28H21BrN4O4/c29-20-13-15-21(16-14-20)31-26(34)24-11-4-5-12-25(24)32-27(35)28(36)33-30-18-19-7-6-10-23(17-19)37-22-8-2-1-3-9-22/h1-18H,(H,31,34)(H,32,35)(H,33,36)/b30-18+. The van der Waals surface area contributed by atoms with Crippen LogP contribution in [0.2, 0.25) is 0 Å². The Morgan fingerprint density at radius 3 is 2.22 bits per heavy atom. The topological polar surface area (TPSA) is 109 Å². The second kappa shape index (κ2) is 12.3. The molecule has 184 valence electrons. The molecule has 4 rings (SSSR count). The molecule has 0 saturated heterocycles. The number of ether oxygens (including phenoxy) is 1. The molecule has 0 fully saturated rings. The SMILES string of the molecule is O=C(N/N=C/c1cccc(Oc2ccccc2)c1)C(=O)Nc1ccccc1C(=O)Nc1ccc(Br)cc1. The zero-order valence-corrected chi connectivity index (χ0v) is 20.9. The van der Waals surface area contributed by atoms with Crippen molar-refractivity contribution in [3.8, 4) is 11.5 Å². The van der Waals surface area contributed by atoms with Crippen molar-refractivity contribution in [3.63, 3.8) is 0 Å². The highest BCUT2D eigenvalue weighted by atomic mass is 79.9. The summed E-state index contributed by atoms with van der Waals surface area (Å²) in [6.07, 6.45) is 1.39. The molecule has 8 nitrogen and oxygen atoms in total. The van der Waals surface area contributed by atoms with Crippen molar-refractivity contribution in [1.82, 2.24) is 5.43 Å². The predicted octanol–water partition coefficient (Wildman–Crippen LogP) is 5.58. The fraction of sp³-hybridized carbons (Fsp3) is 0. The van der Waals surface area contributed by atoms with Crippen LogP contribution in [0.3, 0.4) is 0 Å². The van der Waals surface area contributed by atoms with Crippen molar-refractivity contribution >= 4 is 51.2 Å². The number of benzene rings is 4. The summed E-state index contributed by atoms with van der Waals surface area (Å²) in [7, 11) is 0. The van der Waals surface area contributed by atoms with Gasteiger partial charge >= 0.3 is 11.8 Å². The molecule has 0 radical (unpaired) electrons. The van der Waals surface area contributed by atoms with Gasteiger partial charge in [-0.05, 0) is 66.2 Å². The van der Waals surface area contributed by atoms with Crippen molar-refractivity contribution in [1.29, 1.82) is 0 Å². The maximum Gasteiger partial charge on any atom is 0.329 e. The van der Waals surface area contributed by atoms with E-state index >= 15 is 0 Å². The third-order valence-corrected chi connectivity index (χ3v) is 5.47. The van der Waals surface area contributed by atoms with Gasteiger partial charge in [0.25, 0.3) is 5.91 Å². The number of para-hydroxylation sites is 2. The molecule has 0 aliphatic rings.